The third-order valence-electron chi connectivity index (χ3n) is 1.69. The van der Waals surface area contributed by atoms with Gasteiger partial charge in [-0.25, -0.2) is 0 Å². The quantitative estimate of drug-likeness (QED) is 0.647. The zero-order valence-electron chi connectivity index (χ0n) is 9.60. The van der Waals surface area contributed by atoms with Crippen LogP contribution in [0.15, 0.2) is 49.1 Å². The predicted molar refractivity (Wildman–Crippen MR) is 75.8 cm³/mol. The second-order valence-corrected chi connectivity index (χ2v) is 8.35. The van der Waals surface area contributed by atoms with Gasteiger partial charge in [0.2, 0.25) is 0 Å². The molecule has 2 heterocycles. The van der Waals surface area contributed by atoms with Crippen LogP contribution in [0.3, 0.4) is 0 Å². The molecule has 0 aromatic carbocycles. The van der Waals surface area contributed by atoms with E-state index in [1.54, 1.807) is 24.8 Å². The summed E-state index contributed by atoms with van der Waals surface area (Å²) in [6, 6.07) is 7.89. The summed E-state index contributed by atoms with van der Waals surface area (Å²) in [5.74, 6) is 0. The van der Waals surface area contributed by atoms with E-state index in [1.807, 2.05) is 38.1 Å². The summed E-state index contributed by atoms with van der Waals surface area (Å²) in [7, 11) is 0. The normalized spacial score (nSPS) is 8.47. The van der Waals surface area contributed by atoms with E-state index in [9.17, 15) is 0 Å². The fourth-order valence-corrected chi connectivity index (χ4v) is 0.853. The van der Waals surface area contributed by atoms with Gasteiger partial charge < -0.3 is 0 Å². The van der Waals surface area contributed by atoms with Gasteiger partial charge in [0.15, 0.2) is 0 Å². The molecule has 2 nitrogen and oxygen atoms in total. The molecular formula is C12H14Br2CoN2. The van der Waals surface area contributed by atoms with Gasteiger partial charge in [-0.2, -0.15) is 0 Å². The standard InChI is InChI=1S/2C6H7N.2BrH.Co/c2*1-6-2-4-7-5-3-6;;;/h2*2-5H,1H3;2*1H;/q;;;;+2/p-2. The van der Waals surface area contributed by atoms with E-state index in [0.717, 1.165) is 11.1 Å². The second kappa shape index (κ2) is 12.2. The molecule has 0 aliphatic rings. The van der Waals surface area contributed by atoms with Gasteiger partial charge in [-0.15, -0.1) is 0 Å². The average molecular weight is 405 g/mol. The molecule has 5 heteroatoms. The number of hydrogen-bond acceptors (Lipinski definition) is 2. The van der Waals surface area contributed by atoms with Gasteiger partial charge in [0.1, 0.15) is 0 Å². The molecule has 0 N–H and O–H groups in total. The van der Waals surface area contributed by atoms with E-state index < -0.39 is 0 Å². The Balaban J connectivity index is 0.000000247. The number of halogens is 2. The minimum atomic E-state index is 1.06. The van der Waals surface area contributed by atoms with E-state index in [2.05, 4.69) is 38.3 Å². The van der Waals surface area contributed by atoms with Crippen molar-refractivity contribution in [3.63, 3.8) is 0 Å². The van der Waals surface area contributed by atoms with Crippen molar-refractivity contribution >= 4 is 28.3 Å². The zero-order valence-corrected chi connectivity index (χ0v) is 13.8. The van der Waals surface area contributed by atoms with Gasteiger partial charge in [-0.3, -0.25) is 9.97 Å². The first-order valence-corrected chi connectivity index (χ1v) is 9.92. The van der Waals surface area contributed by atoms with Crippen LogP contribution in [-0.2, 0) is 11.1 Å². The van der Waals surface area contributed by atoms with Gasteiger partial charge in [0.25, 0.3) is 0 Å². The predicted octanol–water partition coefficient (Wildman–Crippen LogP) is 4.47. The molecular weight excluding hydrogens is 391 g/mol. The molecule has 95 valence electrons. The van der Waals surface area contributed by atoms with Crippen molar-refractivity contribution in [1.29, 1.82) is 0 Å². The third kappa shape index (κ3) is 12.0. The van der Waals surface area contributed by atoms with E-state index in [0.29, 0.717) is 0 Å². The van der Waals surface area contributed by atoms with Crippen molar-refractivity contribution in [2.24, 2.45) is 0 Å². The summed E-state index contributed by atoms with van der Waals surface area (Å²) in [5, 5.41) is 0. The Morgan fingerprint density at radius 2 is 1.00 bits per heavy atom. The fourth-order valence-electron chi connectivity index (χ4n) is 0.853. The monoisotopic (exact) mass is 403 g/mol. The van der Waals surface area contributed by atoms with Gasteiger partial charge in [-0.05, 0) is 49.2 Å². The molecule has 0 radical (unpaired) electrons. The number of aromatic nitrogens is 2. The summed E-state index contributed by atoms with van der Waals surface area (Å²) in [4.78, 5) is 7.69. The molecule has 0 aliphatic heterocycles. The van der Waals surface area contributed by atoms with Crippen LogP contribution in [0.4, 0.5) is 0 Å². The van der Waals surface area contributed by atoms with E-state index >= 15 is 0 Å². The number of pyridine rings is 2. The topological polar surface area (TPSA) is 25.8 Å². The number of hydrogen-bond donors (Lipinski definition) is 0. The van der Waals surface area contributed by atoms with Crippen molar-refractivity contribution in [1.82, 2.24) is 9.97 Å². The molecule has 0 amide bonds. The van der Waals surface area contributed by atoms with Crippen molar-refractivity contribution in [2.45, 2.75) is 13.8 Å². The van der Waals surface area contributed by atoms with Crippen molar-refractivity contribution in [3.05, 3.63) is 60.2 Å². The number of aryl methyl sites for hydroxylation is 2. The molecule has 0 bridgehead atoms. The van der Waals surface area contributed by atoms with Crippen molar-refractivity contribution in [3.8, 4) is 0 Å². The molecule has 0 aliphatic carbocycles. The Kier molecular flexibility index (Phi) is 12.1. The van der Waals surface area contributed by atoms with Crippen LogP contribution in [-0.4, -0.2) is 9.97 Å². The van der Waals surface area contributed by atoms with E-state index in [4.69, 9.17) is 0 Å². The summed E-state index contributed by atoms with van der Waals surface area (Å²) in [5.41, 5.74) is 2.52. The number of nitrogens with zero attached hydrogens (tertiary/aromatic N) is 2. The Labute approximate surface area is 123 Å². The first-order valence-electron chi connectivity index (χ1n) is 4.77. The Morgan fingerprint density at radius 3 is 1.12 bits per heavy atom. The Morgan fingerprint density at radius 1 is 0.765 bits per heavy atom. The SMILES string of the molecule is Cc1ccncc1.Cc1ccncc1.[Br][Co][Br]. The third-order valence-corrected chi connectivity index (χ3v) is 1.69. The Hall–Kier alpha value is -0.234. The molecule has 0 fully saturated rings. The molecule has 0 unspecified atom stereocenters. The maximum atomic E-state index is 3.85. The zero-order chi connectivity index (χ0) is 12.9. The van der Waals surface area contributed by atoms with E-state index in [-0.39, 0.29) is 0 Å². The molecule has 0 spiro atoms. The van der Waals surface area contributed by atoms with Crippen molar-refractivity contribution < 1.29 is 11.1 Å². The first kappa shape index (κ1) is 16.8. The average Bonchev–Trinajstić information content (AvgIpc) is 2.33. The van der Waals surface area contributed by atoms with Crippen LogP contribution in [0.25, 0.3) is 0 Å². The van der Waals surface area contributed by atoms with Crippen LogP contribution in [0.2, 0.25) is 0 Å². The number of rotatable bonds is 0. The fraction of sp³-hybridized carbons (Fsp3) is 0.167. The van der Waals surface area contributed by atoms with Crippen molar-refractivity contribution in [2.75, 3.05) is 0 Å². The summed E-state index contributed by atoms with van der Waals surface area (Å²) in [6.45, 7) is 4.09. The van der Waals surface area contributed by atoms with Gasteiger partial charge in [-0.1, -0.05) is 0 Å². The van der Waals surface area contributed by atoms with Crippen LogP contribution in [0.5, 0.6) is 0 Å². The van der Waals surface area contributed by atoms with Crippen LogP contribution in [0.1, 0.15) is 11.1 Å². The van der Waals surface area contributed by atoms with Gasteiger partial charge in [0, 0.05) is 24.8 Å². The molecule has 0 saturated carbocycles. The van der Waals surface area contributed by atoms with Gasteiger partial charge >= 0.3 is 39.5 Å². The maximum absolute atomic E-state index is 3.85. The van der Waals surface area contributed by atoms with Crippen LogP contribution >= 0.6 is 28.3 Å². The molecule has 2 aromatic heterocycles. The van der Waals surface area contributed by atoms with E-state index in [1.165, 1.54) is 11.1 Å². The van der Waals surface area contributed by atoms with Gasteiger partial charge in [0.05, 0.1) is 0 Å². The molecule has 2 rings (SSSR count). The van der Waals surface area contributed by atoms with Crippen LogP contribution < -0.4 is 0 Å². The summed E-state index contributed by atoms with van der Waals surface area (Å²) < 4.78 is 0. The Bertz CT molecular complexity index is 333. The molecule has 0 atom stereocenters. The second-order valence-electron chi connectivity index (χ2n) is 3.10. The first-order chi connectivity index (χ1) is 8.20. The molecule has 2 aromatic rings. The van der Waals surface area contributed by atoms with Crippen LogP contribution in [0, 0.1) is 13.8 Å². The molecule has 0 saturated heterocycles. The summed E-state index contributed by atoms with van der Waals surface area (Å²) >= 11 is 7.12. The molecule has 17 heavy (non-hydrogen) atoms. The minimum absolute atomic E-state index is 1.06. The summed E-state index contributed by atoms with van der Waals surface area (Å²) in [6.07, 6.45) is 7.15.